The summed E-state index contributed by atoms with van der Waals surface area (Å²) < 4.78 is 10.2. The van der Waals surface area contributed by atoms with Gasteiger partial charge in [0.15, 0.2) is 5.05 Å². The zero-order valence-corrected chi connectivity index (χ0v) is 8.39. The smallest absolute Gasteiger partial charge is 0.185 e. The monoisotopic (exact) mass is 192 g/mol. The fourth-order valence-corrected chi connectivity index (χ4v) is 0.681. The molecule has 0 aromatic carbocycles. The predicted octanol–water partition coefficient (Wildman–Crippen LogP) is 1.14. The molecular formula is C8H16O3S. The van der Waals surface area contributed by atoms with Crippen LogP contribution in [0.3, 0.4) is 0 Å². The molecule has 0 radical (unpaired) electrons. The zero-order valence-electron chi connectivity index (χ0n) is 7.58. The third kappa shape index (κ3) is 6.52. The summed E-state index contributed by atoms with van der Waals surface area (Å²) in [6.07, 6.45) is 1.17. The maximum absolute atomic E-state index is 8.41. The molecule has 72 valence electrons. The summed E-state index contributed by atoms with van der Waals surface area (Å²) in [6.45, 7) is 4.60. The highest BCUT2D eigenvalue weighted by molar-refractivity contribution is 7.80. The molecule has 0 aliphatic carbocycles. The molecule has 4 heteroatoms. The molecule has 0 heterocycles. The van der Waals surface area contributed by atoms with Crippen molar-refractivity contribution in [3.8, 4) is 0 Å². The average Bonchev–Trinajstić information content (AvgIpc) is 2.10. The summed E-state index contributed by atoms with van der Waals surface area (Å²) in [4.78, 5) is 0. The van der Waals surface area contributed by atoms with Crippen LogP contribution in [0.1, 0.15) is 20.3 Å². The number of hydrogen-bond donors (Lipinski definition) is 1. The van der Waals surface area contributed by atoms with Gasteiger partial charge in [-0.2, -0.15) is 0 Å². The molecule has 3 nitrogen and oxygen atoms in total. The second-order valence-electron chi connectivity index (χ2n) is 2.47. The Balaban J connectivity index is 3.31. The molecule has 1 unspecified atom stereocenters. The third-order valence-electron chi connectivity index (χ3n) is 1.41. The maximum Gasteiger partial charge on any atom is 0.185 e. The molecule has 0 rings (SSSR count). The van der Waals surface area contributed by atoms with Crippen molar-refractivity contribution in [2.75, 3.05) is 19.8 Å². The van der Waals surface area contributed by atoms with Crippen LogP contribution in [0.2, 0.25) is 0 Å². The van der Waals surface area contributed by atoms with E-state index in [1.54, 1.807) is 0 Å². The fourth-order valence-electron chi connectivity index (χ4n) is 0.529. The van der Waals surface area contributed by atoms with Gasteiger partial charge in [-0.25, -0.2) is 0 Å². The van der Waals surface area contributed by atoms with Crippen molar-refractivity contribution in [2.45, 2.75) is 26.4 Å². The quantitative estimate of drug-likeness (QED) is 0.640. The van der Waals surface area contributed by atoms with E-state index >= 15 is 0 Å². The molecule has 0 bridgehead atoms. The number of hydrogen-bond acceptors (Lipinski definition) is 4. The van der Waals surface area contributed by atoms with Crippen LogP contribution in [-0.4, -0.2) is 36.1 Å². The molecule has 1 atom stereocenters. The van der Waals surface area contributed by atoms with Crippen molar-refractivity contribution >= 4 is 17.3 Å². The Kier molecular flexibility index (Phi) is 7.34. The van der Waals surface area contributed by atoms with Crippen LogP contribution >= 0.6 is 12.2 Å². The van der Waals surface area contributed by atoms with Crippen LogP contribution in [0.4, 0.5) is 0 Å². The van der Waals surface area contributed by atoms with E-state index in [-0.39, 0.29) is 19.3 Å². The second kappa shape index (κ2) is 7.46. The average molecular weight is 192 g/mol. The van der Waals surface area contributed by atoms with Crippen molar-refractivity contribution in [1.82, 2.24) is 0 Å². The minimum atomic E-state index is -0.0104. The van der Waals surface area contributed by atoms with Gasteiger partial charge < -0.3 is 14.6 Å². The zero-order chi connectivity index (χ0) is 9.40. The van der Waals surface area contributed by atoms with E-state index in [0.717, 1.165) is 6.42 Å². The third-order valence-corrected chi connectivity index (χ3v) is 1.65. The predicted molar refractivity (Wildman–Crippen MR) is 51.3 cm³/mol. The van der Waals surface area contributed by atoms with Crippen LogP contribution in [0.15, 0.2) is 0 Å². The number of aliphatic hydroxyl groups is 1. The lowest BCUT2D eigenvalue weighted by Crippen LogP contribution is -2.17. The Labute approximate surface area is 78.7 Å². The number of rotatable bonds is 6. The van der Waals surface area contributed by atoms with Gasteiger partial charge in [0.05, 0.1) is 12.7 Å². The van der Waals surface area contributed by atoms with Gasteiger partial charge in [0.1, 0.15) is 13.2 Å². The standard InChI is InChI=1S/C8H16O3S/c1-3-7(2)11-6-8(12)10-5-4-9/h7,9H,3-6H2,1-2H3. The fraction of sp³-hybridized carbons (Fsp3) is 0.875. The molecule has 0 saturated heterocycles. The first-order chi connectivity index (χ1) is 5.70. The van der Waals surface area contributed by atoms with Crippen molar-refractivity contribution in [3.63, 3.8) is 0 Å². The SMILES string of the molecule is CCC(C)OCC(=S)OCCO. The molecule has 0 fully saturated rings. The first-order valence-corrected chi connectivity index (χ1v) is 4.49. The number of thiocarbonyl (C=S) groups is 1. The summed E-state index contributed by atoms with van der Waals surface area (Å²) in [5.41, 5.74) is 0. The lowest BCUT2D eigenvalue weighted by molar-refractivity contribution is 0.0800. The molecule has 0 aliphatic heterocycles. The molecule has 0 aromatic rings. The van der Waals surface area contributed by atoms with Crippen LogP contribution in [0.25, 0.3) is 0 Å². The second-order valence-corrected chi connectivity index (χ2v) is 2.93. The van der Waals surface area contributed by atoms with Crippen molar-refractivity contribution in [2.24, 2.45) is 0 Å². The van der Waals surface area contributed by atoms with E-state index in [2.05, 4.69) is 0 Å². The highest BCUT2D eigenvalue weighted by Crippen LogP contribution is 1.96. The summed E-state index contributed by atoms with van der Waals surface area (Å²) in [5.74, 6) is 0. The van der Waals surface area contributed by atoms with Crippen LogP contribution < -0.4 is 0 Å². The lowest BCUT2D eigenvalue weighted by atomic mass is 10.3. The van der Waals surface area contributed by atoms with Crippen LogP contribution in [-0.2, 0) is 9.47 Å². The molecule has 0 aromatic heterocycles. The summed E-state index contributed by atoms with van der Waals surface area (Å²) >= 11 is 4.83. The molecule has 1 N–H and O–H groups in total. The molecule has 0 saturated carbocycles. The van der Waals surface area contributed by atoms with Crippen LogP contribution in [0.5, 0.6) is 0 Å². The Morgan fingerprint density at radius 1 is 1.58 bits per heavy atom. The van der Waals surface area contributed by atoms with Crippen LogP contribution in [0, 0.1) is 0 Å². The molecule has 0 spiro atoms. The van der Waals surface area contributed by atoms with Crippen molar-refractivity contribution in [3.05, 3.63) is 0 Å². The Morgan fingerprint density at radius 2 is 2.25 bits per heavy atom. The maximum atomic E-state index is 8.41. The van der Waals surface area contributed by atoms with Gasteiger partial charge in [-0.1, -0.05) is 6.92 Å². The number of aliphatic hydroxyl groups excluding tert-OH is 1. The minimum Gasteiger partial charge on any atom is -0.482 e. The summed E-state index contributed by atoms with van der Waals surface area (Å²) in [7, 11) is 0. The largest absolute Gasteiger partial charge is 0.482 e. The van der Waals surface area contributed by atoms with Crippen molar-refractivity contribution in [1.29, 1.82) is 0 Å². The molecule has 0 amide bonds. The van der Waals surface area contributed by atoms with Gasteiger partial charge in [-0.15, -0.1) is 0 Å². The topological polar surface area (TPSA) is 38.7 Å². The normalized spacial score (nSPS) is 12.6. The van der Waals surface area contributed by atoms with E-state index in [0.29, 0.717) is 11.7 Å². The van der Waals surface area contributed by atoms with Gasteiger partial charge >= 0.3 is 0 Å². The first-order valence-electron chi connectivity index (χ1n) is 4.08. The van der Waals surface area contributed by atoms with E-state index in [9.17, 15) is 0 Å². The highest BCUT2D eigenvalue weighted by Gasteiger charge is 2.01. The van der Waals surface area contributed by atoms with E-state index in [1.165, 1.54) is 0 Å². The molecule has 12 heavy (non-hydrogen) atoms. The van der Waals surface area contributed by atoms with E-state index in [1.807, 2.05) is 13.8 Å². The van der Waals surface area contributed by atoms with Gasteiger partial charge in [0.2, 0.25) is 0 Å². The van der Waals surface area contributed by atoms with Gasteiger partial charge in [-0.05, 0) is 25.6 Å². The summed E-state index contributed by atoms with van der Waals surface area (Å²) in [5, 5.41) is 8.82. The van der Waals surface area contributed by atoms with Crippen molar-refractivity contribution < 1.29 is 14.6 Å². The molecule has 0 aliphatic rings. The van der Waals surface area contributed by atoms with Gasteiger partial charge in [-0.3, -0.25) is 0 Å². The highest BCUT2D eigenvalue weighted by atomic mass is 32.1. The Hall–Kier alpha value is -0.190. The van der Waals surface area contributed by atoms with Gasteiger partial charge in [0, 0.05) is 0 Å². The summed E-state index contributed by atoms with van der Waals surface area (Å²) in [6, 6.07) is 0. The molecular weight excluding hydrogens is 176 g/mol. The minimum absolute atomic E-state index is 0.0104. The number of ether oxygens (including phenoxy) is 2. The van der Waals surface area contributed by atoms with Gasteiger partial charge in [0.25, 0.3) is 0 Å². The Bertz CT molecular complexity index is 127. The lowest BCUT2D eigenvalue weighted by Gasteiger charge is -2.11. The first kappa shape index (κ1) is 11.8. The van der Waals surface area contributed by atoms with E-state index in [4.69, 9.17) is 26.8 Å². The Morgan fingerprint density at radius 3 is 2.75 bits per heavy atom. The van der Waals surface area contributed by atoms with E-state index < -0.39 is 0 Å².